The van der Waals surface area contributed by atoms with Gasteiger partial charge >= 0.3 is 5.97 Å². The first-order valence-electron chi connectivity index (χ1n) is 18.7. The summed E-state index contributed by atoms with van der Waals surface area (Å²) in [6, 6.07) is 14.0. The highest BCUT2D eigenvalue weighted by atomic mass is 79.9. The molecule has 3 fully saturated rings. The van der Waals surface area contributed by atoms with Crippen LogP contribution in [0, 0.1) is 11.8 Å². The van der Waals surface area contributed by atoms with E-state index in [1.165, 1.54) is 12.0 Å². The molecular formula is C41H53BrN4O8. The van der Waals surface area contributed by atoms with Crippen molar-refractivity contribution in [1.82, 2.24) is 10.2 Å². The Morgan fingerprint density at radius 1 is 1.09 bits per heavy atom. The number of aliphatic hydroxyl groups is 1. The average Bonchev–Trinajstić information content (AvgIpc) is 3.78. The normalized spacial score (nSPS) is 25.7. The fourth-order valence-electron chi connectivity index (χ4n) is 8.34. The molecule has 2 aromatic carbocycles. The predicted molar refractivity (Wildman–Crippen MR) is 210 cm³/mol. The fraction of sp³-hybridized carbons (Fsp3) is 0.512. The van der Waals surface area contributed by atoms with Gasteiger partial charge in [0.25, 0.3) is 5.91 Å². The molecule has 0 radical (unpaired) electrons. The second-order valence-electron chi connectivity index (χ2n) is 14.1. The fourth-order valence-corrected chi connectivity index (χ4v) is 9.28. The number of carbonyl (C=O) groups excluding carboxylic acids is 4. The van der Waals surface area contributed by atoms with E-state index < -0.39 is 72.2 Å². The van der Waals surface area contributed by atoms with Crippen molar-refractivity contribution in [2.75, 3.05) is 49.8 Å². The van der Waals surface area contributed by atoms with Gasteiger partial charge in [-0.25, -0.2) is 0 Å². The topological polar surface area (TPSA) is 138 Å². The number of allylic oxidation sites excluding steroid dienone is 1. The Balaban J connectivity index is 1.52. The third-order valence-corrected chi connectivity index (χ3v) is 11.7. The van der Waals surface area contributed by atoms with Crippen LogP contribution in [0.3, 0.4) is 0 Å². The van der Waals surface area contributed by atoms with Crippen molar-refractivity contribution in [3.63, 3.8) is 0 Å². The van der Waals surface area contributed by atoms with Crippen molar-refractivity contribution in [2.45, 2.75) is 80.8 Å². The Bertz CT molecular complexity index is 1660. The van der Waals surface area contributed by atoms with Crippen LogP contribution in [-0.2, 0) is 33.4 Å². The summed E-state index contributed by atoms with van der Waals surface area (Å²) in [4.78, 5) is 62.0. The minimum atomic E-state index is -1.40. The van der Waals surface area contributed by atoms with Gasteiger partial charge in [0.05, 0.1) is 43.2 Å². The van der Waals surface area contributed by atoms with E-state index in [1.54, 1.807) is 48.2 Å². The van der Waals surface area contributed by atoms with E-state index in [0.29, 0.717) is 17.7 Å². The minimum Gasteiger partial charge on any atom is -0.455 e. The van der Waals surface area contributed by atoms with Crippen molar-refractivity contribution >= 4 is 51.0 Å². The molecule has 0 saturated carbocycles. The number of ether oxygens (including phenoxy) is 3. The molecule has 3 amide bonds. The Hall–Kier alpha value is -4.04. The Morgan fingerprint density at radius 3 is 2.35 bits per heavy atom. The van der Waals surface area contributed by atoms with Crippen molar-refractivity contribution in [3.8, 4) is 0 Å². The summed E-state index contributed by atoms with van der Waals surface area (Å²) < 4.78 is 18.5. The van der Waals surface area contributed by atoms with Crippen molar-refractivity contribution < 1.29 is 38.5 Å². The highest BCUT2D eigenvalue weighted by Gasteiger charge is 2.77. The molecule has 3 aliphatic rings. The summed E-state index contributed by atoms with van der Waals surface area (Å²) in [6.45, 7) is 14.9. The summed E-state index contributed by atoms with van der Waals surface area (Å²) in [6.07, 6.45) is 2.46. The number of nitrogens with one attached hydrogen (secondary N) is 1. The van der Waals surface area contributed by atoms with Gasteiger partial charge in [0.2, 0.25) is 11.8 Å². The molecule has 3 aliphatic heterocycles. The number of alkyl halides is 1. The quantitative estimate of drug-likeness (QED) is 0.119. The number of carbonyl (C=O) groups is 4. The third kappa shape index (κ3) is 7.87. The SMILES string of the molecule is C=CCCC(=O)N[C@@H](COC)[C@@H](OC(=O)[C@H]1[C@@H]2O[C@@]3(CC2Br)[C@@H]1C(=O)N([C@H](C)CO)[C@@H]3C(=O)N(CC=C)c1ccc(N(CC)CC)cc1)c1ccccc1. The van der Waals surface area contributed by atoms with Crippen LogP contribution in [-0.4, -0.2) is 108 Å². The molecule has 1 unspecified atom stereocenters. The van der Waals surface area contributed by atoms with Crippen molar-refractivity contribution in [1.29, 1.82) is 0 Å². The molecule has 54 heavy (non-hydrogen) atoms. The zero-order valence-electron chi connectivity index (χ0n) is 31.6. The number of nitrogens with zero attached hydrogens (tertiary/aromatic N) is 3. The van der Waals surface area contributed by atoms with Gasteiger partial charge in [0.15, 0.2) is 0 Å². The molecule has 2 aromatic rings. The lowest BCUT2D eigenvalue weighted by atomic mass is 9.70. The molecule has 2 bridgehead atoms. The van der Waals surface area contributed by atoms with Crippen molar-refractivity contribution in [3.05, 3.63) is 85.5 Å². The molecule has 0 aromatic heterocycles. The number of anilines is 2. The van der Waals surface area contributed by atoms with Crippen LogP contribution in [0.15, 0.2) is 79.9 Å². The third-order valence-electron chi connectivity index (χ3n) is 10.8. The Kier molecular flexibility index (Phi) is 13.8. The monoisotopic (exact) mass is 808 g/mol. The van der Waals surface area contributed by atoms with E-state index in [0.717, 1.165) is 18.8 Å². The number of rotatable bonds is 19. The van der Waals surface area contributed by atoms with E-state index in [2.05, 4.69) is 53.2 Å². The van der Waals surface area contributed by atoms with Crippen LogP contribution >= 0.6 is 15.9 Å². The van der Waals surface area contributed by atoms with E-state index in [-0.39, 0.29) is 36.7 Å². The number of benzene rings is 2. The molecule has 9 atom stereocenters. The van der Waals surface area contributed by atoms with Gasteiger partial charge in [0, 0.05) is 49.4 Å². The standard InChI is InChI=1S/C41H53BrN4O8/c1-7-11-17-32(48)43-31(25-52-6)35(27-15-13-12-14-16-27)53-40(51)33-34-38(49)46(26(5)24-47)37(41(34)23-30(42)36(33)54-41)39(50)45(22-8-2)29-20-18-28(19-21-29)44(9-3)10-4/h7-8,12-16,18-21,26,30-31,33-37,47H,1-2,9-11,17,22-25H2,3-6H3,(H,43,48)/t26-,30?,31+,33-,34+,35+,36-,37-,41+/m1/s1. The van der Waals surface area contributed by atoms with Gasteiger partial charge in [-0.1, -0.05) is 58.4 Å². The molecule has 292 valence electrons. The summed E-state index contributed by atoms with van der Waals surface area (Å²) >= 11 is 3.73. The highest BCUT2D eigenvalue weighted by molar-refractivity contribution is 9.09. The number of likely N-dealkylation sites (tertiary alicyclic amines) is 1. The van der Waals surface area contributed by atoms with Crippen LogP contribution in [0.5, 0.6) is 0 Å². The second-order valence-corrected chi connectivity index (χ2v) is 15.3. The van der Waals surface area contributed by atoms with Gasteiger partial charge in [-0.3, -0.25) is 19.2 Å². The van der Waals surface area contributed by atoms with Crippen LogP contribution in [0.25, 0.3) is 0 Å². The largest absolute Gasteiger partial charge is 0.455 e. The number of amides is 3. The van der Waals surface area contributed by atoms with E-state index in [4.69, 9.17) is 14.2 Å². The number of hydrogen-bond donors (Lipinski definition) is 2. The van der Waals surface area contributed by atoms with Crippen LogP contribution in [0.4, 0.5) is 11.4 Å². The smallest absolute Gasteiger partial charge is 0.313 e. The Labute approximate surface area is 326 Å². The molecule has 5 rings (SSSR count). The van der Waals surface area contributed by atoms with E-state index in [1.807, 2.05) is 30.3 Å². The first-order chi connectivity index (χ1) is 26.0. The van der Waals surface area contributed by atoms with Gasteiger partial charge in [-0.15, -0.1) is 13.2 Å². The first kappa shape index (κ1) is 41.1. The Morgan fingerprint density at radius 2 is 1.76 bits per heavy atom. The van der Waals surface area contributed by atoms with Gasteiger partial charge < -0.3 is 39.3 Å². The molecule has 13 heteroatoms. The van der Waals surface area contributed by atoms with Gasteiger partial charge in [0.1, 0.15) is 17.7 Å². The number of halogens is 1. The van der Waals surface area contributed by atoms with Crippen LogP contribution in [0.1, 0.15) is 51.7 Å². The van der Waals surface area contributed by atoms with E-state index in [9.17, 15) is 24.3 Å². The summed E-state index contributed by atoms with van der Waals surface area (Å²) in [5.74, 6) is -3.98. The lowest BCUT2D eigenvalue weighted by molar-refractivity contribution is -0.163. The minimum absolute atomic E-state index is 0.0397. The molecule has 3 saturated heterocycles. The number of esters is 1. The molecule has 0 aliphatic carbocycles. The number of fused-ring (bicyclic) bond motifs is 1. The van der Waals surface area contributed by atoms with Crippen molar-refractivity contribution in [2.24, 2.45) is 11.8 Å². The zero-order chi connectivity index (χ0) is 39.2. The second kappa shape index (κ2) is 18.1. The molecule has 3 heterocycles. The summed E-state index contributed by atoms with van der Waals surface area (Å²) in [7, 11) is 1.50. The first-order valence-corrected chi connectivity index (χ1v) is 19.6. The lowest BCUT2D eigenvalue weighted by Crippen LogP contribution is -2.58. The predicted octanol–water partition coefficient (Wildman–Crippen LogP) is 4.56. The van der Waals surface area contributed by atoms with Crippen LogP contribution in [0.2, 0.25) is 0 Å². The average molecular weight is 810 g/mol. The molecular weight excluding hydrogens is 756 g/mol. The lowest BCUT2D eigenvalue weighted by Gasteiger charge is -2.38. The molecule has 12 nitrogen and oxygen atoms in total. The zero-order valence-corrected chi connectivity index (χ0v) is 33.2. The maximum atomic E-state index is 15.0. The van der Waals surface area contributed by atoms with E-state index >= 15 is 0 Å². The number of aliphatic hydroxyl groups excluding tert-OH is 1. The summed E-state index contributed by atoms with van der Waals surface area (Å²) in [5.41, 5.74) is 0.857. The highest BCUT2D eigenvalue weighted by Crippen LogP contribution is 2.61. The number of methoxy groups -OCH3 is 1. The molecule has 2 N–H and O–H groups in total. The van der Waals surface area contributed by atoms with Gasteiger partial charge in [-0.2, -0.15) is 0 Å². The maximum absolute atomic E-state index is 15.0. The maximum Gasteiger partial charge on any atom is 0.313 e. The number of hydrogen-bond acceptors (Lipinski definition) is 9. The molecule has 1 spiro atoms. The summed E-state index contributed by atoms with van der Waals surface area (Å²) in [5, 5.41) is 13.4. The van der Waals surface area contributed by atoms with Gasteiger partial charge in [-0.05, 0) is 63.4 Å². The van der Waals surface area contributed by atoms with Crippen LogP contribution < -0.4 is 15.1 Å².